The molecule has 2 aliphatic rings. The van der Waals surface area contributed by atoms with Crippen molar-refractivity contribution in [1.29, 1.82) is 0 Å². The topological polar surface area (TPSA) is 66.4 Å². The first-order chi connectivity index (χ1) is 12.2. The van der Waals surface area contributed by atoms with Crippen LogP contribution in [-0.4, -0.2) is 78.9 Å². The van der Waals surface area contributed by atoms with E-state index in [1.165, 1.54) is 0 Å². The van der Waals surface area contributed by atoms with E-state index in [1.807, 2.05) is 27.7 Å². The normalized spacial score (nSPS) is 20.7. The first kappa shape index (κ1) is 24.3. The Kier molecular flexibility index (Phi) is 9.61. The molecule has 1 fully saturated rings. The van der Waals surface area contributed by atoms with Gasteiger partial charge in [0.1, 0.15) is 5.60 Å². The molecular formula is C19H37IN4O3. The molecule has 1 N–H and O–H groups in total. The molecule has 2 unspecified atom stereocenters. The molecule has 1 amide bonds. The highest BCUT2D eigenvalue weighted by molar-refractivity contribution is 14.0. The molecule has 0 saturated carbocycles. The third-order valence-electron chi connectivity index (χ3n) is 4.69. The molecule has 7 nitrogen and oxygen atoms in total. The second kappa shape index (κ2) is 10.7. The fourth-order valence-electron chi connectivity index (χ4n) is 3.37. The van der Waals surface area contributed by atoms with E-state index in [1.54, 1.807) is 4.90 Å². The molecule has 8 heteroatoms. The van der Waals surface area contributed by atoms with Crippen LogP contribution in [0.2, 0.25) is 0 Å². The second-order valence-electron chi connectivity index (χ2n) is 8.39. The van der Waals surface area contributed by atoms with Crippen molar-refractivity contribution in [2.75, 3.05) is 39.3 Å². The van der Waals surface area contributed by atoms with Crippen LogP contribution in [0, 0.1) is 5.92 Å². The number of piperazine rings is 1. The number of nitrogens with one attached hydrogen (secondary N) is 1. The van der Waals surface area contributed by atoms with Gasteiger partial charge in [-0.2, -0.15) is 0 Å². The number of fused-ring (bicyclic) bond motifs is 1. The van der Waals surface area contributed by atoms with E-state index in [9.17, 15) is 4.79 Å². The van der Waals surface area contributed by atoms with Crippen LogP contribution < -0.4 is 5.32 Å². The summed E-state index contributed by atoms with van der Waals surface area (Å²) in [5, 5.41) is 3.47. The number of hydrogen-bond donors (Lipinski definition) is 1. The fourth-order valence-corrected chi connectivity index (χ4v) is 3.37. The molecule has 2 atom stereocenters. The largest absolute Gasteiger partial charge is 0.444 e. The summed E-state index contributed by atoms with van der Waals surface area (Å²) < 4.78 is 11.3. The Bertz CT molecular complexity index is 508. The van der Waals surface area contributed by atoms with E-state index >= 15 is 0 Å². The van der Waals surface area contributed by atoms with E-state index < -0.39 is 5.60 Å². The van der Waals surface area contributed by atoms with Crippen molar-refractivity contribution in [3.05, 3.63) is 0 Å². The molecule has 1 saturated heterocycles. The van der Waals surface area contributed by atoms with Crippen LogP contribution in [0.1, 0.15) is 48.0 Å². The Morgan fingerprint density at radius 1 is 1.33 bits per heavy atom. The smallest absolute Gasteiger partial charge is 0.410 e. The SMILES string of the molecule is CCOC(CCNC1=NCC2CN(C(=O)OC(C)(C)C)CCN12)C(C)C.I. The lowest BCUT2D eigenvalue weighted by Crippen LogP contribution is -2.57. The van der Waals surface area contributed by atoms with Crippen LogP contribution in [0.15, 0.2) is 4.99 Å². The number of halogens is 1. The average Bonchev–Trinajstić information content (AvgIpc) is 2.94. The molecule has 0 aromatic rings. The minimum atomic E-state index is -0.458. The maximum Gasteiger partial charge on any atom is 0.410 e. The summed E-state index contributed by atoms with van der Waals surface area (Å²) in [5.41, 5.74) is -0.458. The van der Waals surface area contributed by atoms with Crippen LogP contribution in [-0.2, 0) is 9.47 Å². The van der Waals surface area contributed by atoms with Crippen molar-refractivity contribution < 1.29 is 14.3 Å². The van der Waals surface area contributed by atoms with Crippen molar-refractivity contribution in [1.82, 2.24) is 15.1 Å². The summed E-state index contributed by atoms with van der Waals surface area (Å²) in [5.74, 6) is 1.46. The molecule has 2 rings (SSSR count). The predicted molar refractivity (Wildman–Crippen MR) is 119 cm³/mol. The number of ether oxygens (including phenoxy) is 2. The zero-order valence-electron chi connectivity index (χ0n) is 17.7. The molecule has 0 aromatic heterocycles. The minimum Gasteiger partial charge on any atom is -0.444 e. The van der Waals surface area contributed by atoms with Gasteiger partial charge < -0.3 is 24.6 Å². The molecule has 0 aromatic carbocycles. The lowest BCUT2D eigenvalue weighted by atomic mass is 10.0. The van der Waals surface area contributed by atoms with E-state index in [0.717, 1.165) is 38.6 Å². The zero-order chi connectivity index (χ0) is 19.3. The van der Waals surface area contributed by atoms with Crippen molar-refractivity contribution >= 4 is 36.0 Å². The molecule has 0 aliphatic carbocycles. The van der Waals surface area contributed by atoms with E-state index in [-0.39, 0.29) is 42.2 Å². The number of carbonyl (C=O) groups excluding carboxylic acids is 1. The standard InChI is InChI=1S/C19H36N4O3.HI/c1-7-25-16(14(2)3)8-9-20-17-21-12-15-13-22(10-11-23(15)17)18(24)26-19(4,5)6;/h14-16H,7-13H2,1-6H3,(H,20,21);1H. The molecule has 0 spiro atoms. The Morgan fingerprint density at radius 2 is 2.04 bits per heavy atom. The van der Waals surface area contributed by atoms with Gasteiger partial charge in [-0.1, -0.05) is 13.8 Å². The van der Waals surface area contributed by atoms with Crippen LogP contribution in [0.4, 0.5) is 4.79 Å². The van der Waals surface area contributed by atoms with Gasteiger partial charge in [0.05, 0.1) is 18.7 Å². The van der Waals surface area contributed by atoms with E-state index in [2.05, 4.69) is 29.1 Å². The number of nitrogens with zero attached hydrogens (tertiary/aromatic N) is 3. The molecule has 27 heavy (non-hydrogen) atoms. The summed E-state index contributed by atoms with van der Waals surface area (Å²) in [7, 11) is 0. The second-order valence-corrected chi connectivity index (χ2v) is 8.39. The highest BCUT2D eigenvalue weighted by Crippen LogP contribution is 2.19. The van der Waals surface area contributed by atoms with E-state index in [0.29, 0.717) is 19.0 Å². The summed E-state index contributed by atoms with van der Waals surface area (Å²) >= 11 is 0. The van der Waals surface area contributed by atoms with Gasteiger partial charge in [0.15, 0.2) is 5.96 Å². The fraction of sp³-hybridized carbons (Fsp3) is 0.895. The summed E-state index contributed by atoms with van der Waals surface area (Å²) in [6.07, 6.45) is 1.01. The van der Waals surface area contributed by atoms with E-state index in [4.69, 9.17) is 9.47 Å². The van der Waals surface area contributed by atoms with Gasteiger partial charge in [0.2, 0.25) is 0 Å². The summed E-state index contributed by atoms with van der Waals surface area (Å²) in [6, 6.07) is 0.242. The van der Waals surface area contributed by atoms with Gasteiger partial charge in [0.25, 0.3) is 0 Å². The highest BCUT2D eigenvalue weighted by Gasteiger charge is 2.36. The molecule has 2 heterocycles. The Balaban J connectivity index is 0.00000364. The third kappa shape index (κ3) is 7.29. The number of rotatable bonds is 6. The van der Waals surface area contributed by atoms with Crippen LogP contribution in [0.5, 0.6) is 0 Å². The van der Waals surface area contributed by atoms with Crippen LogP contribution in [0.3, 0.4) is 0 Å². The quantitative estimate of drug-likeness (QED) is 0.573. The molecule has 158 valence electrons. The summed E-state index contributed by atoms with van der Waals surface area (Å²) in [6.45, 7) is 16.6. The minimum absolute atomic E-state index is 0. The monoisotopic (exact) mass is 496 g/mol. The first-order valence-corrected chi connectivity index (χ1v) is 9.85. The number of guanidine groups is 1. The van der Waals surface area contributed by atoms with Gasteiger partial charge in [-0.3, -0.25) is 4.99 Å². The van der Waals surface area contributed by atoms with Gasteiger partial charge >= 0.3 is 6.09 Å². The average molecular weight is 496 g/mol. The molecular weight excluding hydrogens is 459 g/mol. The Hall–Kier alpha value is -0.770. The molecule has 2 aliphatic heterocycles. The zero-order valence-corrected chi connectivity index (χ0v) is 20.0. The number of amides is 1. The van der Waals surface area contributed by atoms with Gasteiger partial charge in [-0.25, -0.2) is 4.79 Å². The van der Waals surface area contributed by atoms with Crippen molar-refractivity contribution in [3.63, 3.8) is 0 Å². The Labute approximate surface area is 181 Å². The number of carbonyl (C=O) groups is 1. The maximum atomic E-state index is 12.3. The Morgan fingerprint density at radius 3 is 2.63 bits per heavy atom. The number of hydrogen-bond acceptors (Lipinski definition) is 6. The van der Waals surface area contributed by atoms with Crippen molar-refractivity contribution in [3.8, 4) is 0 Å². The summed E-state index contributed by atoms with van der Waals surface area (Å²) in [4.78, 5) is 21.0. The van der Waals surface area contributed by atoms with Gasteiger partial charge in [0, 0.05) is 32.8 Å². The number of aliphatic imine (C=N–C) groups is 1. The lowest BCUT2D eigenvalue weighted by Gasteiger charge is -2.39. The van der Waals surface area contributed by atoms with Crippen LogP contribution >= 0.6 is 24.0 Å². The maximum absolute atomic E-state index is 12.3. The highest BCUT2D eigenvalue weighted by atomic mass is 127. The third-order valence-corrected chi connectivity index (χ3v) is 4.69. The van der Waals surface area contributed by atoms with Crippen LogP contribution in [0.25, 0.3) is 0 Å². The van der Waals surface area contributed by atoms with Gasteiger partial charge in [-0.05, 0) is 40.0 Å². The molecule has 0 bridgehead atoms. The molecule has 0 radical (unpaired) electrons. The predicted octanol–water partition coefficient (Wildman–Crippen LogP) is 2.94. The first-order valence-electron chi connectivity index (χ1n) is 9.85. The lowest BCUT2D eigenvalue weighted by molar-refractivity contribution is 0.0135. The van der Waals surface area contributed by atoms with Crippen molar-refractivity contribution in [2.45, 2.75) is 65.7 Å². The van der Waals surface area contributed by atoms with Gasteiger partial charge in [-0.15, -0.1) is 24.0 Å². The van der Waals surface area contributed by atoms with Crippen molar-refractivity contribution in [2.24, 2.45) is 10.9 Å².